The lowest BCUT2D eigenvalue weighted by atomic mass is 10.0. The van der Waals surface area contributed by atoms with Gasteiger partial charge in [0.05, 0.1) is 32.0 Å². The van der Waals surface area contributed by atoms with E-state index in [2.05, 4.69) is 61.8 Å². The molecule has 0 aliphatic carbocycles. The van der Waals surface area contributed by atoms with Crippen LogP contribution in [0, 0.1) is 5.92 Å². The Hall–Kier alpha value is -1.70. The van der Waals surface area contributed by atoms with Gasteiger partial charge in [-0.15, -0.1) is 0 Å². The zero-order valence-corrected chi connectivity index (χ0v) is 38.7. The number of hydrogen-bond acceptors (Lipinski definition) is 11. The number of ether oxygens (including phenoxy) is 3. The minimum Gasteiger partial charge on any atom is -0.462 e. The fraction of sp³-hybridized carbons (Fsp3) is 0.818. The second kappa shape index (κ2) is 35.7. The third kappa shape index (κ3) is 36.9. The van der Waals surface area contributed by atoms with Gasteiger partial charge in [0.2, 0.25) is 0 Å². The van der Waals surface area contributed by atoms with Gasteiger partial charge in [0.15, 0.2) is 6.10 Å². The summed E-state index contributed by atoms with van der Waals surface area (Å²) in [5.41, 5.74) is 0. The number of aliphatic hydroxyl groups excluding tert-OH is 1. The van der Waals surface area contributed by atoms with E-state index in [1.165, 1.54) is 77.0 Å². The fourth-order valence-corrected chi connectivity index (χ4v) is 7.48. The lowest BCUT2D eigenvalue weighted by Crippen LogP contribution is -2.30. The Morgan fingerprint density at radius 3 is 1.80 bits per heavy atom. The molecule has 3 unspecified atom stereocenters. The third-order valence-corrected chi connectivity index (χ3v) is 11.3. The van der Waals surface area contributed by atoms with Crippen molar-refractivity contribution in [2.45, 2.75) is 199 Å². The van der Waals surface area contributed by atoms with Crippen molar-refractivity contribution in [1.29, 1.82) is 0 Å². The Bertz CT molecular complexity index is 1280. The van der Waals surface area contributed by atoms with E-state index in [4.69, 9.17) is 33.0 Å². The van der Waals surface area contributed by atoms with E-state index in [-0.39, 0.29) is 25.0 Å². The minimum absolute atomic E-state index is 0.0811. The second-order valence-corrected chi connectivity index (χ2v) is 18.9. The molecule has 1 rings (SSSR count). The van der Waals surface area contributed by atoms with Crippen LogP contribution in [0.4, 0.5) is 0 Å². The molecule has 0 amide bonds. The largest absolute Gasteiger partial charge is 0.472 e. The van der Waals surface area contributed by atoms with Crippen LogP contribution in [-0.2, 0) is 46.5 Å². The molecule has 5 atom stereocenters. The highest BCUT2D eigenvalue weighted by atomic mass is 31.2. The predicted molar refractivity (Wildman–Crippen MR) is 234 cm³/mol. The van der Waals surface area contributed by atoms with Crippen LogP contribution < -0.4 is 0 Å². The highest BCUT2D eigenvalue weighted by molar-refractivity contribution is 7.47. The number of carbonyl (C=O) groups excluding carboxylic acids is 2. The van der Waals surface area contributed by atoms with Crippen molar-refractivity contribution in [3.63, 3.8) is 0 Å². The Balaban J connectivity index is 2.40. The van der Waals surface area contributed by atoms with Gasteiger partial charge in [-0.05, 0) is 57.3 Å². The summed E-state index contributed by atoms with van der Waals surface area (Å²) in [6.45, 7) is 3.97. The third-order valence-electron chi connectivity index (χ3n) is 9.87. The van der Waals surface area contributed by atoms with Gasteiger partial charge < -0.3 is 34.0 Å². The Kier molecular flexibility index (Phi) is 33.5. The zero-order valence-electron chi connectivity index (χ0n) is 36.9. The first kappa shape index (κ1) is 56.3. The van der Waals surface area contributed by atoms with Gasteiger partial charge in [-0.25, -0.2) is 9.13 Å². The molecule has 1 aliphatic rings. The number of aliphatic hydroxyl groups is 1. The molecule has 0 spiro atoms. The van der Waals surface area contributed by atoms with Crippen molar-refractivity contribution >= 4 is 27.6 Å². The van der Waals surface area contributed by atoms with Gasteiger partial charge in [0, 0.05) is 12.8 Å². The maximum atomic E-state index is 12.7. The second-order valence-electron chi connectivity index (χ2n) is 16.2. The molecule has 350 valence electrons. The first-order chi connectivity index (χ1) is 28.7. The molecular formula is C44H80O14P2. The molecule has 1 heterocycles. The summed E-state index contributed by atoms with van der Waals surface area (Å²) < 4.78 is 53.6. The number of epoxide rings is 1. The first-order valence-corrected chi connectivity index (χ1v) is 25.7. The van der Waals surface area contributed by atoms with Crippen LogP contribution in [0.5, 0.6) is 0 Å². The van der Waals surface area contributed by atoms with Crippen molar-refractivity contribution in [2.75, 3.05) is 26.4 Å². The maximum Gasteiger partial charge on any atom is 0.472 e. The number of phosphoric acid groups is 2. The first-order valence-electron chi connectivity index (χ1n) is 22.7. The van der Waals surface area contributed by atoms with Crippen LogP contribution in [0.1, 0.15) is 175 Å². The van der Waals surface area contributed by atoms with E-state index < -0.39 is 66.2 Å². The summed E-state index contributed by atoms with van der Waals surface area (Å²) in [6, 6.07) is 0. The Morgan fingerprint density at radius 2 is 1.18 bits per heavy atom. The van der Waals surface area contributed by atoms with Crippen molar-refractivity contribution in [1.82, 2.24) is 0 Å². The van der Waals surface area contributed by atoms with E-state index in [1.807, 2.05) is 0 Å². The quantitative estimate of drug-likeness (QED) is 0.0148. The molecule has 60 heavy (non-hydrogen) atoms. The molecule has 1 saturated heterocycles. The number of unbranched alkanes of at least 4 members (excludes halogenated alkanes) is 14. The molecule has 0 saturated carbocycles. The molecule has 0 bridgehead atoms. The number of hydrogen-bond donors (Lipinski definition) is 4. The van der Waals surface area contributed by atoms with Crippen LogP contribution >= 0.6 is 15.6 Å². The average molecular weight is 895 g/mol. The van der Waals surface area contributed by atoms with E-state index >= 15 is 0 Å². The highest BCUT2D eigenvalue weighted by Crippen LogP contribution is 2.44. The molecule has 16 heteroatoms. The standard InChI is InChI=1S/C44H80O14P2/c1-4-5-6-7-8-9-10-14-17-20-23-26-30-41-42(58-41)31-28-33-43(46)53-36-40(37-56-60(51,52)55-35-39(45)34-54-59(48,49)50)57-44(47)32-27-24-21-18-15-12-11-13-16-19-22-25-29-38(2)3/h8-9,14,17,23,26,38-42,45H,4-7,10-13,15-16,18-22,24-25,27-37H2,1-3H3,(H,51,52)(H2,48,49,50)/b9-8-,17-14-,26-23-/t39-,40+,41?,42?/m0/s1. The number of allylic oxidation sites excluding steroid dienone is 5. The highest BCUT2D eigenvalue weighted by Gasteiger charge is 2.36. The molecule has 14 nitrogen and oxygen atoms in total. The monoisotopic (exact) mass is 895 g/mol. The van der Waals surface area contributed by atoms with Gasteiger partial charge >= 0.3 is 27.6 Å². The average Bonchev–Trinajstić information content (AvgIpc) is 3.95. The topological polar surface area (TPSA) is 208 Å². The van der Waals surface area contributed by atoms with Crippen LogP contribution in [0.3, 0.4) is 0 Å². The molecule has 0 radical (unpaired) electrons. The van der Waals surface area contributed by atoms with E-state index in [9.17, 15) is 28.7 Å². The SMILES string of the molecule is CCCCC/C=C\C/C=C\C/C=C\CC1OC1CCCC(=O)OC[C@H](COP(=O)(O)OC[C@@H](O)COP(=O)(O)O)OC(=O)CCCCCCCCCCCCCCC(C)C. The summed E-state index contributed by atoms with van der Waals surface area (Å²) in [5, 5.41) is 9.76. The van der Waals surface area contributed by atoms with E-state index in [1.54, 1.807) is 0 Å². The molecule has 1 fully saturated rings. The van der Waals surface area contributed by atoms with Crippen LogP contribution in [0.25, 0.3) is 0 Å². The summed E-state index contributed by atoms with van der Waals surface area (Å²) >= 11 is 0. The van der Waals surface area contributed by atoms with Gasteiger partial charge in [0.1, 0.15) is 12.7 Å². The molecular weight excluding hydrogens is 814 g/mol. The fourth-order valence-electron chi connectivity index (χ4n) is 6.33. The number of esters is 2. The molecule has 0 aromatic rings. The molecule has 1 aliphatic heterocycles. The van der Waals surface area contributed by atoms with Crippen molar-refractivity contribution in [3.8, 4) is 0 Å². The summed E-state index contributed by atoms with van der Waals surface area (Å²) in [4.78, 5) is 52.9. The minimum atomic E-state index is -4.87. The Morgan fingerprint density at radius 1 is 0.633 bits per heavy atom. The smallest absolute Gasteiger partial charge is 0.462 e. The van der Waals surface area contributed by atoms with Gasteiger partial charge in [-0.2, -0.15) is 0 Å². The van der Waals surface area contributed by atoms with Crippen LogP contribution in [0.15, 0.2) is 36.5 Å². The summed E-state index contributed by atoms with van der Waals surface area (Å²) in [6.07, 6.45) is 34.5. The van der Waals surface area contributed by atoms with Crippen LogP contribution in [-0.4, -0.2) is 82.6 Å². The molecule has 4 N–H and O–H groups in total. The van der Waals surface area contributed by atoms with Gasteiger partial charge in [0.25, 0.3) is 0 Å². The Labute approximate surface area is 361 Å². The van der Waals surface area contributed by atoms with Crippen LogP contribution in [0.2, 0.25) is 0 Å². The lowest BCUT2D eigenvalue weighted by Gasteiger charge is -2.20. The lowest BCUT2D eigenvalue weighted by molar-refractivity contribution is -0.161. The molecule has 0 aromatic heterocycles. The van der Waals surface area contributed by atoms with Crippen molar-refractivity contribution in [2.24, 2.45) is 5.92 Å². The molecule has 0 aromatic carbocycles. The summed E-state index contributed by atoms with van der Waals surface area (Å²) in [5.74, 6) is -0.317. The van der Waals surface area contributed by atoms with Crippen molar-refractivity contribution in [3.05, 3.63) is 36.5 Å². The van der Waals surface area contributed by atoms with E-state index in [0.29, 0.717) is 19.3 Å². The van der Waals surface area contributed by atoms with Gasteiger partial charge in [-0.3, -0.25) is 23.2 Å². The maximum absolute atomic E-state index is 12.7. The number of phosphoric ester groups is 2. The number of carbonyl (C=O) groups is 2. The number of rotatable bonds is 41. The van der Waals surface area contributed by atoms with Gasteiger partial charge in [-0.1, -0.05) is 147 Å². The van der Waals surface area contributed by atoms with E-state index in [0.717, 1.165) is 50.9 Å². The normalized spacial score (nSPS) is 17.8. The predicted octanol–water partition coefficient (Wildman–Crippen LogP) is 10.5. The zero-order chi connectivity index (χ0) is 44.3. The van der Waals surface area contributed by atoms with Crippen molar-refractivity contribution < 1.29 is 66.3 Å². The summed E-state index contributed by atoms with van der Waals surface area (Å²) in [7, 11) is -9.70.